The van der Waals surface area contributed by atoms with Crippen LogP contribution in [0.5, 0.6) is 0 Å². The number of aryl methyl sites for hydroxylation is 2. The van der Waals surface area contributed by atoms with Crippen molar-refractivity contribution in [3.63, 3.8) is 0 Å². The van der Waals surface area contributed by atoms with E-state index < -0.39 is 17.4 Å². The summed E-state index contributed by atoms with van der Waals surface area (Å²) in [6, 6.07) is 18.0. The Labute approximate surface area is 171 Å². The van der Waals surface area contributed by atoms with E-state index in [1.165, 1.54) is 47.2 Å². The third-order valence-electron chi connectivity index (χ3n) is 4.26. The molecule has 0 bridgehead atoms. The minimum atomic E-state index is -1.08. The van der Waals surface area contributed by atoms with Crippen molar-refractivity contribution in [2.75, 3.05) is 0 Å². The van der Waals surface area contributed by atoms with Crippen LogP contribution in [0.1, 0.15) is 24.0 Å². The van der Waals surface area contributed by atoms with Gasteiger partial charge in [-0.2, -0.15) is 0 Å². The summed E-state index contributed by atoms with van der Waals surface area (Å²) in [5.41, 5.74) is 3.17. The molecular formula is C18H18MgO5P2. The van der Waals surface area contributed by atoms with Gasteiger partial charge in [-0.05, 0) is 58.4 Å². The van der Waals surface area contributed by atoms with Crippen molar-refractivity contribution >= 4 is 62.0 Å². The molecule has 0 heterocycles. The van der Waals surface area contributed by atoms with Crippen LogP contribution in [0.25, 0.3) is 21.5 Å². The topological polar surface area (TPSA) is 112 Å². The molecular weight excluding hydrogens is 382 g/mol. The molecule has 3 aromatic carbocycles. The number of benzene rings is 3. The molecule has 132 valence electrons. The van der Waals surface area contributed by atoms with E-state index in [-0.39, 0.29) is 28.5 Å². The van der Waals surface area contributed by atoms with E-state index in [1.807, 2.05) is 0 Å². The Balaban J connectivity index is 0.000000700. The Morgan fingerprint density at radius 2 is 1.31 bits per heavy atom. The van der Waals surface area contributed by atoms with Gasteiger partial charge in [0.1, 0.15) is 0 Å². The van der Waals surface area contributed by atoms with Gasteiger partial charge >= 0.3 is 23.1 Å². The van der Waals surface area contributed by atoms with Crippen LogP contribution in [-0.2, 0) is 22.0 Å². The molecule has 0 aliphatic heterocycles. The summed E-state index contributed by atoms with van der Waals surface area (Å²) >= 11 is 0. The van der Waals surface area contributed by atoms with Crippen molar-refractivity contribution in [1.82, 2.24) is 0 Å². The Morgan fingerprint density at radius 3 is 2.00 bits per heavy atom. The Morgan fingerprint density at radius 1 is 0.731 bits per heavy atom. The van der Waals surface area contributed by atoms with Gasteiger partial charge in [0.05, 0.1) is 17.4 Å². The maximum atomic E-state index is 8.35. The zero-order valence-corrected chi connectivity index (χ0v) is 17.4. The Hall–Kier alpha value is -0.974. The molecule has 2 N–H and O–H groups in total. The molecule has 0 unspecified atom stereocenters. The van der Waals surface area contributed by atoms with Crippen LogP contribution < -0.4 is 9.79 Å². The molecule has 8 heteroatoms. The van der Waals surface area contributed by atoms with Gasteiger partial charge in [-0.3, -0.25) is 9.13 Å². The zero-order chi connectivity index (χ0) is 17.4. The third kappa shape index (κ3) is 6.03. The largest absolute Gasteiger partial charge is 2.00 e. The molecule has 0 radical (unpaired) electrons. The average molecular weight is 401 g/mol. The normalized spacial score (nSPS) is 11.9. The maximum absolute atomic E-state index is 8.35. The molecule has 0 saturated carbocycles. The van der Waals surface area contributed by atoms with Crippen LogP contribution in [0.3, 0.4) is 0 Å². The van der Waals surface area contributed by atoms with Crippen LogP contribution in [0, 0.1) is 0 Å². The van der Waals surface area contributed by atoms with Crippen molar-refractivity contribution in [3.8, 4) is 0 Å². The van der Waals surface area contributed by atoms with Gasteiger partial charge in [0.2, 0.25) is 0 Å². The number of hydrogen-bond donors (Lipinski definition) is 0. The Bertz CT molecular complexity index is 851. The molecule has 0 amide bonds. The first-order valence-electron chi connectivity index (χ1n) is 7.59. The van der Waals surface area contributed by atoms with Gasteiger partial charge in [0.25, 0.3) is 0 Å². The van der Waals surface area contributed by atoms with Crippen LogP contribution in [-0.4, -0.2) is 28.5 Å². The van der Waals surface area contributed by atoms with Crippen molar-refractivity contribution in [1.29, 1.82) is 0 Å². The minimum absolute atomic E-state index is 0. The van der Waals surface area contributed by atoms with Gasteiger partial charge in [0.15, 0.2) is 0 Å². The van der Waals surface area contributed by atoms with Gasteiger partial charge in [0, 0.05) is 0 Å². The van der Waals surface area contributed by atoms with Crippen LogP contribution in [0.15, 0.2) is 48.5 Å². The molecule has 0 atom stereocenters. The second-order valence-corrected chi connectivity index (χ2v) is 5.74. The molecule has 1 aliphatic rings. The van der Waals surface area contributed by atoms with Gasteiger partial charge in [-0.25, -0.2) is 0 Å². The van der Waals surface area contributed by atoms with Gasteiger partial charge in [-0.15, -0.1) is 0 Å². The number of rotatable bonds is 0. The SMILES string of the molecule is O.O=P[O-].O=P[O-].[Mg+2].c1ccc2c(c1)ccc1c3c(ccc12)CCCC3. The van der Waals surface area contributed by atoms with E-state index in [4.69, 9.17) is 18.9 Å². The summed E-state index contributed by atoms with van der Waals surface area (Å²) in [5.74, 6) is 0. The average Bonchev–Trinajstić information content (AvgIpc) is 2.62. The molecule has 0 fully saturated rings. The molecule has 5 nitrogen and oxygen atoms in total. The smallest absolute Gasteiger partial charge is 0.772 e. The fourth-order valence-corrected chi connectivity index (χ4v) is 3.34. The molecule has 4 rings (SSSR count). The standard InChI is InChI=1S/C18H16.Mg.2HO2P.H2O/c1-3-7-15-13(5-1)9-11-18-16-8-4-2-6-14(16)10-12-17(15)18;;2*1-3-2;/h1,3,5,7,9-12H,2,4,6,8H2;;2*(H,1,2);1H2/q;+2;;;/p-2. The summed E-state index contributed by atoms with van der Waals surface area (Å²) in [6.45, 7) is 0. The summed E-state index contributed by atoms with van der Waals surface area (Å²) < 4.78 is 16.7. The van der Waals surface area contributed by atoms with E-state index in [2.05, 4.69) is 48.5 Å². The minimum Gasteiger partial charge on any atom is -0.772 e. The fraction of sp³-hybridized carbons (Fsp3) is 0.222. The van der Waals surface area contributed by atoms with E-state index in [0.29, 0.717) is 0 Å². The van der Waals surface area contributed by atoms with Gasteiger partial charge < -0.3 is 15.3 Å². The first kappa shape index (κ1) is 25.0. The van der Waals surface area contributed by atoms with E-state index in [0.717, 1.165) is 0 Å². The van der Waals surface area contributed by atoms with Crippen molar-refractivity contribution < 1.29 is 24.4 Å². The quantitative estimate of drug-likeness (QED) is 0.328. The third-order valence-corrected chi connectivity index (χ3v) is 4.26. The molecule has 3 aromatic rings. The first-order chi connectivity index (χ1) is 11.8. The summed E-state index contributed by atoms with van der Waals surface area (Å²) in [4.78, 5) is 16.7. The Kier molecular flexibility index (Phi) is 12.7. The van der Waals surface area contributed by atoms with Crippen molar-refractivity contribution in [2.24, 2.45) is 0 Å². The zero-order valence-electron chi connectivity index (χ0n) is 14.2. The number of fused-ring (bicyclic) bond motifs is 5. The number of hydrogen-bond acceptors (Lipinski definition) is 4. The van der Waals surface area contributed by atoms with Crippen molar-refractivity contribution in [3.05, 3.63) is 59.7 Å². The maximum Gasteiger partial charge on any atom is 2.00 e. The predicted octanol–water partition coefficient (Wildman–Crippen LogP) is 2.77. The summed E-state index contributed by atoms with van der Waals surface area (Å²) in [7, 11) is -2.17. The monoisotopic (exact) mass is 400 g/mol. The van der Waals surface area contributed by atoms with Crippen LogP contribution >= 0.6 is 17.4 Å². The predicted molar refractivity (Wildman–Crippen MR) is 103 cm³/mol. The first-order valence-corrected chi connectivity index (χ1v) is 9.05. The second kappa shape index (κ2) is 13.2. The second-order valence-electron chi connectivity index (χ2n) is 5.44. The van der Waals surface area contributed by atoms with E-state index in [1.54, 1.807) is 11.1 Å². The summed E-state index contributed by atoms with van der Waals surface area (Å²) in [5, 5.41) is 5.64. The summed E-state index contributed by atoms with van der Waals surface area (Å²) in [6.07, 6.45) is 5.22. The molecule has 1 aliphatic carbocycles. The van der Waals surface area contributed by atoms with E-state index in [9.17, 15) is 0 Å². The molecule has 0 spiro atoms. The van der Waals surface area contributed by atoms with Crippen molar-refractivity contribution in [2.45, 2.75) is 25.7 Å². The van der Waals surface area contributed by atoms with E-state index >= 15 is 0 Å². The molecule has 0 saturated heterocycles. The van der Waals surface area contributed by atoms with Crippen LogP contribution in [0.4, 0.5) is 0 Å². The molecule has 26 heavy (non-hydrogen) atoms. The molecule has 0 aromatic heterocycles. The van der Waals surface area contributed by atoms with Gasteiger partial charge in [-0.1, -0.05) is 48.5 Å². The fourth-order valence-electron chi connectivity index (χ4n) is 3.34. The van der Waals surface area contributed by atoms with Crippen LogP contribution in [0.2, 0.25) is 0 Å².